The number of carbonyl (C=O) groups is 1. The van der Waals surface area contributed by atoms with E-state index in [1.165, 1.54) is 12.4 Å². The van der Waals surface area contributed by atoms with Crippen molar-refractivity contribution < 1.29 is 4.79 Å². The van der Waals surface area contributed by atoms with Crippen LogP contribution in [0.5, 0.6) is 0 Å². The fraction of sp³-hybridized carbons (Fsp3) is 0. The minimum absolute atomic E-state index is 0.278. The summed E-state index contributed by atoms with van der Waals surface area (Å²) in [6.07, 6.45) is 6.34. The van der Waals surface area contributed by atoms with Crippen molar-refractivity contribution in [3.8, 4) is 11.3 Å². The summed E-state index contributed by atoms with van der Waals surface area (Å²) in [7, 11) is 0. The fourth-order valence-corrected chi connectivity index (χ4v) is 2.54. The van der Waals surface area contributed by atoms with Gasteiger partial charge in [-0.15, -0.1) is 0 Å². The van der Waals surface area contributed by atoms with Crippen LogP contribution in [0.25, 0.3) is 22.4 Å². The summed E-state index contributed by atoms with van der Waals surface area (Å²) in [6.45, 7) is 0. The Balaban J connectivity index is 1.67. The number of aromatic amines is 1. The second-order valence-electron chi connectivity index (χ2n) is 5.20. The van der Waals surface area contributed by atoms with E-state index in [0.29, 0.717) is 33.4 Å². The zero-order chi connectivity index (χ0) is 17.2. The first-order valence-electron chi connectivity index (χ1n) is 7.39. The van der Waals surface area contributed by atoms with E-state index in [1.54, 1.807) is 36.7 Å². The quantitative estimate of drug-likeness (QED) is 0.590. The molecule has 0 fully saturated rings. The predicted octanol–water partition coefficient (Wildman–Crippen LogP) is 3.32. The molecule has 0 spiro atoms. The number of hydrogen-bond acceptors (Lipinski definition) is 5. The molecule has 8 heteroatoms. The van der Waals surface area contributed by atoms with Gasteiger partial charge in [-0.1, -0.05) is 17.7 Å². The number of halogens is 1. The number of nitrogens with zero attached hydrogens (tertiary/aromatic N) is 4. The Bertz CT molecular complexity index is 1060. The van der Waals surface area contributed by atoms with Crippen LogP contribution in [0.4, 0.5) is 5.82 Å². The van der Waals surface area contributed by atoms with Gasteiger partial charge in [-0.3, -0.25) is 9.78 Å². The van der Waals surface area contributed by atoms with Crippen molar-refractivity contribution in [3.05, 3.63) is 65.8 Å². The first-order valence-corrected chi connectivity index (χ1v) is 7.77. The summed E-state index contributed by atoms with van der Waals surface area (Å²) in [4.78, 5) is 32.1. The first kappa shape index (κ1) is 15.2. The van der Waals surface area contributed by atoms with Gasteiger partial charge in [-0.25, -0.2) is 15.0 Å². The van der Waals surface area contributed by atoms with E-state index in [-0.39, 0.29) is 5.91 Å². The zero-order valence-electron chi connectivity index (χ0n) is 12.8. The van der Waals surface area contributed by atoms with E-state index in [1.807, 2.05) is 6.07 Å². The van der Waals surface area contributed by atoms with Crippen LogP contribution in [0.1, 0.15) is 10.4 Å². The Hall–Kier alpha value is -3.32. The number of nitrogens with one attached hydrogen (secondary N) is 2. The predicted molar refractivity (Wildman–Crippen MR) is 94.3 cm³/mol. The monoisotopic (exact) mass is 350 g/mol. The summed E-state index contributed by atoms with van der Waals surface area (Å²) in [5.41, 5.74) is 3.09. The van der Waals surface area contributed by atoms with Gasteiger partial charge in [0.15, 0.2) is 5.65 Å². The molecule has 4 aromatic heterocycles. The smallest absolute Gasteiger partial charge is 0.258 e. The average Bonchev–Trinajstić information content (AvgIpc) is 3.05. The lowest BCUT2D eigenvalue weighted by Crippen LogP contribution is -2.13. The molecular weight excluding hydrogens is 340 g/mol. The summed E-state index contributed by atoms with van der Waals surface area (Å²) in [5.74, 6) is 0.148. The molecular formula is C17H11ClN6O. The highest BCUT2D eigenvalue weighted by molar-refractivity contribution is 6.29. The number of hydrogen-bond donors (Lipinski definition) is 2. The fourth-order valence-electron chi connectivity index (χ4n) is 2.41. The molecule has 122 valence electrons. The van der Waals surface area contributed by atoms with E-state index >= 15 is 0 Å². The topological polar surface area (TPSA) is 96.5 Å². The second kappa shape index (κ2) is 6.29. The van der Waals surface area contributed by atoms with Crippen LogP contribution >= 0.6 is 11.6 Å². The average molecular weight is 351 g/mol. The van der Waals surface area contributed by atoms with Gasteiger partial charge in [-0.05, 0) is 24.3 Å². The van der Waals surface area contributed by atoms with Crippen molar-refractivity contribution in [3.63, 3.8) is 0 Å². The summed E-state index contributed by atoms with van der Waals surface area (Å²) >= 11 is 5.93. The van der Waals surface area contributed by atoms with Crippen LogP contribution in [0.2, 0.25) is 5.15 Å². The lowest BCUT2D eigenvalue weighted by molar-refractivity contribution is 0.102. The highest BCUT2D eigenvalue weighted by Gasteiger charge is 2.12. The molecule has 0 bridgehead atoms. The molecule has 4 heterocycles. The maximum Gasteiger partial charge on any atom is 0.258 e. The minimum Gasteiger partial charge on any atom is -0.344 e. The van der Waals surface area contributed by atoms with Gasteiger partial charge in [0.25, 0.3) is 5.91 Å². The summed E-state index contributed by atoms with van der Waals surface area (Å²) < 4.78 is 0. The van der Waals surface area contributed by atoms with E-state index in [0.717, 1.165) is 5.56 Å². The summed E-state index contributed by atoms with van der Waals surface area (Å²) in [6, 6.07) is 8.73. The van der Waals surface area contributed by atoms with Gasteiger partial charge >= 0.3 is 0 Å². The maximum atomic E-state index is 12.2. The van der Waals surface area contributed by atoms with E-state index in [9.17, 15) is 4.79 Å². The highest BCUT2D eigenvalue weighted by Crippen LogP contribution is 2.26. The van der Waals surface area contributed by atoms with Gasteiger partial charge < -0.3 is 10.3 Å². The number of aromatic nitrogens is 5. The highest BCUT2D eigenvalue weighted by atomic mass is 35.5. The third-order valence-electron chi connectivity index (χ3n) is 3.54. The number of H-pyrrole nitrogens is 1. The Kier molecular flexibility index (Phi) is 3.83. The maximum absolute atomic E-state index is 12.2. The van der Waals surface area contributed by atoms with Gasteiger partial charge in [0.2, 0.25) is 0 Å². The van der Waals surface area contributed by atoms with Gasteiger partial charge in [-0.2, -0.15) is 0 Å². The van der Waals surface area contributed by atoms with Gasteiger partial charge in [0.1, 0.15) is 16.5 Å². The molecule has 1 amide bonds. The van der Waals surface area contributed by atoms with E-state index in [2.05, 4.69) is 30.2 Å². The molecule has 0 aliphatic heterocycles. The van der Waals surface area contributed by atoms with Crippen LogP contribution in [0, 0.1) is 0 Å². The number of pyridine rings is 2. The zero-order valence-corrected chi connectivity index (χ0v) is 13.5. The largest absolute Gasteiger partial charge is 0.344 e. The molecule has 0 atom stereocenters. The third kappa shape index (κ3) is 3.05. The van der Waals surface area contributed by atoms with Crippen LogP contribution < -0.4 is 5.32 Å². The SMILES string of the molecule is O=C(Nc1cccc(-c2c[nH]c3ncc(Cl)nc23)n1)c1cccnc1. The standard InChI is InChI=1S/C17H11ClN6O/c18-13-9-21-16-15(23-13)11(8-20-16)12-4-1-5-14(22-12)24-17(25)10-3-2-6-19-7-10/h1-9H,(H,20,21)(H,22,24,25). The number of amides is 1. The molecule has 25 heavy (non-hydrogen) atoms. The van der Waals surface area contributed by atoms with Crippen LogP contribution in [0.15, 0.2) is 55.1 Å². The molecule has 4 rings (SSSR count). The van der Waals surface area contributed by atoms with Crippen molar-refractivity contribution >= 4 is 34.5 Å². The summed E-state index contributed by atoms with van der Waals surface area (Å²) in [5, 5.41) is 3.06. The molecule has 0 saturated heterocycles. The van der Waals surface area contributed by atoms with Crippen molar-refractivity contribution in [1.29, 1.82) is 0 Å². The normalized spacial score (nSPS) is 10.8. The molecule has 0 aromatic carbocycles. The number of carbonyl (C=O) groups excluding carboxylic acids is 1. The molecule has 0 aliphatic carbocycles. The van der Waals surface area contributed by atoms with Crippen LogP contribution in [-0.2, 0) is 0 Å². The lowest BCUT2D eigenvalue weighted by atomic mass is 10.2. The first-order chi connectivity index (χ1) is 12.2. The van der Waals surface area contributed by atoms with E-state index in [4.69, 9.17) is 11.6 Å². The molecule has 0 unspecified atom stereocenters. The molecule has 0 radical (unpaired) electrons. The number of fused-ring (bicyclic) bond motifs is 1. The Morgan fingerprint density at radius 2 is 2.04 bits per heavy atom. The Labute approximate surface area is 147 Å². The van der Waals surface area contributed by atoms with Crippen LogP contribution in [-0.4, -0.2) is 30.8 Å². The molecule has 4 aromatic rings. The Morgan fingerprint density at radius 3 is 2.88 bits per heavy atom. The molecule has 2 N–H and O–H groups in total. The number of anilines is 1. The van der Waals surface area contributed by atoms with Crippen molar-refractivity contribution in [2.24, 2.45) is 0 Å². The Morgan fingerprint density at radius 1 is 1.12 bits per heavy atom. The molecule has 0 aliphatic rings. The van der Waals surface area contributed by atoms with Crippen LogP contribution in [0.3, 0.4) is 0 Å². The van der Waals surface area contributed by atoms with Crippen molar-refractivity contribution in [1.82, 2.24) is 24.9 Å². The third-order valence-corrected chi connectivity index (χ3v) is 3.72. The molecule has 7 nitrogen and oxygen atoms in total. The van der Waals surface area contributed by atoms with E-state index < -0.39 is 0 Å². The van der Waals surface area contributed by atoms with Crippen molar-refractivity contribution in [2.75, 3.05) is 5.32 Å². The second-order valence-corrected chi connectivity index (χ2v) is 5.58. The lowest BCUT2D eigenvalue weighted by Gasteiger charge is -2.06. The number of rotatable bonds is 3. The molecule has 0 saturated carbocycles. The van der Waals surface area contributed by atoms with Gasteiger partial charge in [0, 0.05) is 24.2 Å². The minimum atomic E-state index is -0.278. The van der Waals surface area contributed by atoms with Crippen molar-refractivity contribution in [2.45, 2.75) is 0 Å². The van der Waals surface area contributed by atoms with Gasteiger partial charge in [0.05, 0.1) is 17.5 Å².